The highest BCUT2D eigenvalue weighted by Gasteiger charge is 2.52. The normalized spacial score (nSPS) is 25.9. The van der Waals surface area contributed by atoms with E-state index in [0.29, 0.717) is 24.4 Å². The molecule has 2 aliphatic rings. The summed E-state index contributed by atoms with van der Waals surface area (Å²) < 4.78 is 0. The highest BCUT2D eigenvalue weighted by molar-refractivity contribution is 6.27. The Hall–Kier alpha value is -2.43. The number of Topliss-reactive ketones (excluding diaryl/α,β-unsaturated/α-hetero) is 1. The van der Waals surface area contributed by atoms with E-state index < -0.39 is 23.3 Å². The van der Waals surface area contributed by atoms with Crippen LogP contribution in [-0.4, -0.2) is 23.1 Å². The molecular weight excluding hydrogens is 340 g/mol. The van der Waals surface area contributed by atoms with Crippen molar-refractivity contribution in [2.75, 3.05) is 5.32 Å². The van der Waals surface area contributed by atoms with Gasteiger partial charge in [0.05, 0.1) is 5.54 Å². The van der Waals surface area contributed by atoms with Crippen molar-refractivity contribution in [3.05, 3.63) is 42.5 Å². The fraction of sp³-hybridized carbons (Fsp3) is 0.500. The van der Waals surface area contributed by atoms with E-state index in [-0.39, 0.29) is 5.78 Å². The molecule has 1 saturated heterocycles. The van der Waals surface area contributed by atoms with Crippen molar-refractivity contribution in [2.24, 2.45) is 5.92 Å². The van der Waals surface area contributed by atoms with Crippen LogP contribution in [0.1, 0.15) is 63.4 Å². The molecule has 2 fully saturated rings. The smallest absolute Gasteiger partial charge is 0.244 e. The monoisotopic (exact) mass is 368 g/mol. The third-order valence-electron chi connectivity index (χ3n) is 5.83. The summed E-state index contributed by atoms with van der Waals surface area (Å²) >= 11 is 0. The third kappa shape index (κ3) is 4.12. The van der Waals surface area contributed by atoms with Crippen molar-refractivity contribution in [3.8, 4) is 0 Å². The van der Waals surface area contributed by atoms with Crippen molar-refractivity contribution in [3.63, 3.8) is 0 Å². The van der Waals surface area contributed by atoms with Crippen molar-refractivity contribution in [1.82, 2.24) is 5.32 Å². The number of nitrogens with one attached hydrogen (secondary N) is 2. The average Bonchev–Trinajstić information content (AvgIpc) is 2.90. The first-order valence-electron chi connectivity index (χ1n) is 9.82. The van der Waals surface area contributed by atoms with E-state index in [1.165, 1.54) is 37.7 Å². The summed E-state index contributed by atoms with van der Waals surface area (Å²) in [5, 5.41) is 5.41. The number of carbonyl (C=O) groups excluding carboxylic acids is 3. The predicted octanol–water partition coefficient (Wildman–Crippen LogP) is 3.71. The maximum absolute atomic E-state index is 12.7. The molecule has 0 radical (unpaired) electrons. The van der Waals surface area contributed by atoms with Crippen molar-refractivity contribution >= 4 is 23.3 Å². The van der Waals surface area contributed by atoms with Crippen LogP contribution in [0, 0.1) is 5.92 Å². The summed E-state index contributed by atoms with van der Waals surface area (Å²) in [7, 11) is 0. The van der Waals surface area contributed by atoms with Crippen LogP contribution in [0.25, 0.3) is 0 Å². The van der Waals surface area contributed by atoms with E-state index in [4.69, 9.17) is 0 Å². The molecule has 5 heteroatoms. The van der Waals surface area contributed by atoms with Gasteiger partial charge in [0.25, 0.3) is 0 Å². The molecule has 1 saturated carbocycles. The lowest BCUT2D eigenvalue weighted by Gasteiger charge is -2.22. The van der Waals surface area contributed by atoms with Crippen LogP contribution in [0.5, 0.6) is 0 Å². The van der Waals surface area contributed by atoms with E-state index in [1.54, 1.807) is 13.0 Å². The molecule has 0 aromatic heterocycles. The zero-order valence-corrected chi connectivity index (χ0v) is 15.9. The molecule has 1 aromatic carbocycles. The number of hydrogen-bond acceptors (Lipinski definition) is 3. The summed E-state index contributed by atoms with van der Waals surface area (Å²) in [5.74, 6) is -2.16. The number of carbonyl (C=O) groups is 3. The number of anilines is 1. The molecule has 2 unspecified atom stereocenters. The second kappa shape index (κ2) is 8.07. The number of amides is 2. The van der Waals surface area contributed by atoms with Gasteiger partial charge in [0.2, 0.25) is 11.8 Å². The molecule has 1 aromatic rings. The topological polar surface area (TPSA) is 75.3 Å². The van der Waals surface area contributed by atoms with Crippen LogP contribution in [-0.2, 0) is 14.4 Å². The third-order valence-corrected chi connectivity index (χ3v) is 5.83. The molecule has 27 heavy (non-hydrogen) atoms. The standard InChI is InChI=1S/C22H28N2O3/c1-3-4-14-22(2)19(25)18(21(27)24-22)20(26)23-17-12-10-16(11-13-17)15-8-6-5-7-9-15/h3,10-13,15,18H,1,4-9,14H2,2H3,(H,23,26)(H,24,27). The Kier molecular flexibility index (Phi) is 5.78. The van der Waals surface area contributed by atoms with Gasteiger partial charge in [-0.3, -0.25) is 14.4 Å². The second-order valence-electron chi connectivity index (χ2n) is 7.89. The van der Waals surface area contributed by atoms with Gasteiger partial charge in [-0.25, -0.2) is 0 Å². The van der Waals surface area contributed by atoms with Gasteiger partial charge < -0.3 is 10.6 Å². The summed E-state index contributed by atoms with van der Waals surface area (Å²) in [6, 6.07) is 7.79. The first-order chi connectivity index (χ1) is 12.9. The summed E-state index contributed by atoms with van der Waals surface area (Å²) in [6.45, 7) is 5.31. The van der Waals surface area contributed by atoms with Crippen LogP contribution in [0.3, 0.4) is 0 Å². The van der Waals surface area contributed by atoms with Crippen molar-refractivity contribution < 1.29 is 14.4 Å². The van der Waals surface area contributed by atoms with E-state index in [1.807, 2.05) is 24.3 Å². The van der Waals surface area contributed by atoms with Gasteiger partial charge in [0.15, 0.2) is 11.7 Å². The number of ketones is 1. The van der Waals surface area contributed by atoms with Gasteiger partial charge >= 0.3 is 0 Å². The molecule has 0 spiro atoms. The fourth-order valence-corrected chi connectivity index (χ4v) is 4.15. The molecule has 3 rings (SSSR count). The van der Waals surface area contributed by atoms with Crippen LogP contribution in [0.15, 0.2) is 36.9 Å². The molecule has 144 valence electrons. The lowest BCUT2D eigenvalue weighted by molar-refractivity contribution is -0.135. The SMILES string of the molecule is C=CCCC1(C)NC(=O)C(C(=O)Nc2ccc(C3CCCCC3)cc2)C1=O. The second-order valence-corrected chi connectivity index (χ2v) is 7.89. The number of hydrogen-bond donors (Lipinski definition) is 2. The number of allylic oxidation sites excluding steroid dienone is 1. The highest BCUT2D eigenvalue weighted by Crippen LogP contribution is 2.33. The number of rotatable bonds is 6. The molecule has 2 N–H and O–H groups in total. The van der Waals surface area contributed by atoms with E-state index in [9.17, 15) is 14.4 Å². The lowest BCUT2D eigenvalue weighted by atomic mass is 9.84. The summed E-state index contributed by atoms with van der Waals surface area (Å²) in [4.78, 5) is 37.5. The lowest BCUT2D eigenvalue weighted by Crippen LogP contribution is -2.43. The Morgan fingerprint density at radius 1 is 1.22 bits per heavy atom. The minimum absolute atomic E-state index is 0.370. The van der Waals surface area contributed by atoms with E-state index in [2.05, 4.69) is 17.2 Å². The fourth-order valence-electron chi connectivity index (χ4n) is 4.15. The van der Waals surface area contributed by atoms with Gasteiger partial charge in [0.1, 0.15) is 0 Å². The average molecular weight is 368 g/mol. The first kappa shape index (κ1) is 19.3. The molecule has 1 aliphatic heterocycles. The predicted molar refractivity (Wildman–Crippen MR) is 105 cm³/mol. The molecule has 0 bridgehead atoms. The Bertz CT molecular complexity index is 734. The van der Waals surface area contributed by atoms with Gasteiger partial charge in [-0.15, -0.1) is 6.58 Å². The van der Waals surface area contributed by atoms with Gasteiger partial charge in [-0.2, -0.15) is 0 Å². The minimum Gasteiger partial charge on any atom is -0.343 e. The molecular formula is C22H28N2O3. The van der Waals surface area contributed by atoms with Gasteiger partial charge in [-0.1, -0.05) is 37.5 Å². The van der Waals surface area contributed by atoms with E-state index >= 15 is 0 Å². The molecule has 2 amide bonds. The highest BCUT2D eigenvalue weighted by atomic mass is 16.2. The first-order valence-corrected chi connectivity index (χ1v) is 9.82. The Labute approximate surface area is 160 Å². The summed E-state index contributed by atoms with van der Waals surface area (Å²) in [6.07, 6.45) is 9.02. The van der Waals surface area contributed by atoms with Crippen molar-refractivity contribution in [2.45, 2.75) is 63.3 Å². The Balaban J connectivity index is 1.65. The van der Waals surface area contributed by atoms with Crippen molar-refractivity contribution in [1.29, 1.82) is 0 Å². The van der Waals surface area contributed by atoms with Crippen LogP contribution >= 0.6 is 0 Å². The quantitative estimate of drug-likeness (QED) is 0.594. The van der Waals surface area contributed by atoms with Gasteiger partial charge in [0, 0.05) is 5.69 Å². The maximum atomic E-state index is 12.7. The Morgan fingerprint density at radius 2 is 1.89 bits per heavy atom. The zero-order chi connectivity index (χ0) is 19.4. The number of benzene rings is 1. The van der Waals surface area contributed by atoms with Crippen LogP contribution in [0.2, 0.25) is 0 Å². The Morgan fingerprint density at radius 3 is 2.52 bits per heavy atom. The largest absolute Gasteiger partial charge is 0.343 e. The molecule has 5 nitrogen and oxygen atoms in total. The minimum atomic E-state index is -1.29. The maximum Gasteiger partial charge on any atom is 0.244 e. The van der Waals surface area contributed by atoms with Crippen LogP contribution in [0.4, 0.5) is 5.69 Å². The summed E-state index contributed by atoms with van der Waals surface area (Å²) in [5.41, 5.74) is 0.900. The van der Waals surface area contributed by atoms with Gasteiger partial charge in [-0.05, 0) is 56.2 Å². The van der Waals surface area contributed by atoms with Crippen LogP contribution < -0.4 is 10.6 Å². The zero-order valence-electron chi connectivity index (χ0n) is 15.9. The molecule has 1 aliphatic carbocycles. The van der Waals surface area contributed by atoms with E-state index in [0.717, 1.165) is 0 Å². The molecule has 1 heterocycles. The molecule has 2 atom stereocenters.